The summed E-state index contributed by atoms with van der Waals surface area (Å²) in [5.74, 6) is 0. The molecule has 0 unspecified atom stereocenters. The van der Waals surface area contributed by atoms with Gasteiger partial charge in [-0.3, -0.25) is 5.32 Å². The lowest BCUT2D eigenvalue weighted by molar-refractivity contribution is 0.0495. The molecule has 1 fully saturated rings. The minimum absolute atomic E-state index is 0.216. The molecule has 2 amide bonds. The molecular formula is C22H26N2O4. The highest BCUT2D eigenvalue weighted by molar-refractivity contribution is 5.84. The molecule has 1 aliphatic carbocycles. The van der Waals surface area contributed by atoms with E-state index in [-0.39, 0.29) is 12.1 Å². The molecule has 1 saturated carbocycles. The van der Waals surface area contributed by atoms with E-state index in [0.717, 1.165) is 24.0 Å². The molecule has 6 nitrogen and oxygen atoms in total. The van der Waals surface area contributed by atoms with E-state index in [1.165, 1.54) is 0 Å². The molecule has 6 heteroatoms. The van der Waals surface area contributed by atoms with Crippen molar-refractivity contribution in [2.24, 2.45) is 0 Å². The zero-order valence-corrected chi connectivity index (χ0v) is 16.5. The van der Waals surface area contributed by atoms with Gasteiger partial charge in [0.1, 0.15) is 12.2 Å². The van der Waals surface area contributed by atoms with Gasteiger partial charge in [0, 0.05) is 5.69 Å². The Morgan fingerprint density at radius 3 is 2.18 bits per heavy atom. The maximum Gasteiger partial charge on any atom is 0.411 e. The topological polar surface area (TPSA) is 76.7 Å². The van der Waals surface area contributed by atoms with Gasteiger partial charge in [-0.1, -0.05) is 42.5 Å². The summed E-state index contributed by atoms with van der Waals surface area (Å²) in [6, 6.07) is 16.9. The van der Waals surface area contributed by atoms with Gasteiger partial charge in [-0.15, -0.1) is 0 Å². The summed E-state index contributed by atoms with van der Waals surface area (Å²) >= 11 is 0. The lowest BCUT2D eigenvalue weighted by Gasteiger charge is -2.23. The number of carbonyl (C=O) groups is 2. The Morgan fingerprint density at radius 1 is 0.964 bits per heavy atom. The van der Waals surface area contributed by atoms with Crippen LogP contribution in [0.1, 0.15) is 44.7 Å². The molecule has 0 bridgehead atoms. The van der Waals surface area contributed by atoms with Crippen molar-refractivity contribution in [2.45, 2.75) is 51.4 Å². The second-order valence-corrected chi connectivity index (χ2v) is 7.97. The van der Waals surface area contributed by atoms with E-state index < -0.39 is 17.8 Å². The highest BCUT2D eigenvalue weighted by atomic mass is 16.6. The lowest BCUT2D eigenvalue weighted by atomic mass is 10.0. The van der Waals surface area contributed by atoms with Crippen molar-refractivity contribution in [3.8, 4) is 0 Å². The fourth-order valence-corrected chi connectivity index (χ4v) is 2.86. The molecule has 2 N–H and O–H groups in total. The van der Waals surface area contributed by atoms with Crippen molar-refractivity contribution in [3.05, 3.63) is 65.7 Å². The van der Waals surface area contributed by atoms with Gasteiger partial charge in [-0.2, -0.15) is 0 Å². The molecule has 0 heterocycles. The molecule has 0 aliphatic heterocycles. The van der Waals surface area contributed by atoms with Gasteiger partial charge in [0.25, 0.3) is 0 Å². The third-order valence-corrected chi connectivity index (χ3v) is 4.39. The van der Waals surface area contributed by atoms with Crippen LogP contribution in [0, 0.1) is 0 Å². The van der Waals surface area contributed by atoms with Crippen LogP contribution in [0.25, 0.3) is 0 Å². The van der Waals surface area contributed by atoms with Gasteiger partial charge in [0.15, 0.2) is 0 Å². The number of hydrogen-bond donors (Lipinski definition) is 2. The van der Waals surface area contributed by atoms with Crippen molar-refractivity contribution in [3.63, 3.8) is 0 Å². The minimum Gasteiger partial charge on any atom is -0.444 e. The van der Waals surface area contributed by atoms with Crippen molar-refractivity contribution < 1.29 is 19.1 Å². The molecule has 0 atom stereocenters. The number of benzene rings is 2. The van der Waals surface area contributed by atoms with Crippen LogP contribution in [-0.4, -0.2) is 17.8 Å². The van der Waals surface area contributed by atoms with Gasteiger partial charge >= 0.3 is 12.2 Å². The normalized spacial score (nSPS) is 14.7. The first-order valence-corrected chi connectivity index (χ1v) is 9.35. The van der Waals surface area contributed by atoms with Crippen molar-refractivity contribution in [1.29, 1.82) is 0 Å². The third-order valence-electron chi connectivity index (χ3n) is 4.39. The highest BCUT2D eigenvalue weighted by Gasteiger charge is 2.46. The fourth-order valence-electron chi connectivity index (χ4n) is 2.86. The average Bonchev–Trinajstić information content (AvgIpc) is 3.40. The predicted octanol–water partition coefficient (Wildman–Crippen LogP) is 4.95. The first-order valence-electron chi connectivity index (χ1n) is 9.35. The van der Waals surface area contributed by atoms with Gasteiger partial charge < -0.3 is 14.8 Å². The first kappa shape index (κ1) is 19.7. The Balaban J connectivity index is 1.53. The summed E-state index contributed by atoms with van der Waals surface area (Å²) in [5.41, 5.74) is 1.64. The van der Waals surface area contributed by atoms with Crippen LogP contribution in [-0.2, 0) is 21.6 Å². The third kappa shape index (κ3) is 5.49. The Bertz CT molecular complexity index is 822. The molecular weight excluding hydrogens is 356 g/mol. The maximum atomic E-state index is 12.1. The molecule has 0 aromatic heterocycles. The number of rotatable bonds is 5. The van der Waals surface area contributed by atoms with Gasteiger partial charge in [0.05, 0.1) is 5.54 Å². The molecule has 0 radical (unpaired) electrons. The van der Waals surface area contributed by atoms with E-state index in [0.29, 0.717) is 5.69 Å². The van der Waals surface area contributed by atoms with Crippen LogP contribution in [0.5, 0.6) is 0 Å². The smallest absolute Gasteiger partial charge is 0.411 e. The number of hydrogen-bond acceptors (Lipinski definition) is 4. The van der Waals surface area contributed by atoms with E-state index in [4.69, 9.17) is 9.47 Å². The molecule has 2 aromatic rings. The summed E-state index contributed by atoms with van der Waals surface area (Å²) in [5, 5.41) is 5.68. The Hall–Kier alpha value is -3.02. The van der Waals surface area contributed by atoms with E-state index in [2.05, 4.69) is 10.6 Å². The maximum absolute atomic E-state index is 12.1. The van der Waals surface area contributed by atoms with Crippen LogP contribution in [0.2, 0.25) is 0 Å². The van der Waals surface area contributed by atoms with Crippen molar-refractivity contribution >= 4 is 17.9 Å². The monoisotopic (exact) mass is 382 g/mol. The molecule has 1 aliphatic rings. The zero-order valence-electron chi connectivity index (χ0n) is 16.5. The van der Waals surface area contributed by atoms with Crippen LogP contribution in [0.15, 0.2) is 54.6 Å². The van der Waals surface area contributed by atoms with Crippen LogP contribution in [0.3, 0.4) is 0 Å². The Labute approximate surface area is 165 Å². The fraction of sp³-hybridized carbons (Fsp3) is 0.364. The van der Waals surface area contributed by atoms with E-state index in [9.17, 15) is 9.59 Å². The summed E-state index contributed by atoms with van der Waals surface area (Å²) in [4.78, 5) is 24.0. The SMILES string of the molecule is CC(C)(C)OC(=O)NC1(c2ccc(NC(=O)OCc3ccccc3)cc2)CC1. The number of alkyl carbamates (subject to hydrolysis) is 1. The second-order valence-electron chi connectivity index (χ2n) is 7.97. The largest absolute Gasteiger partial charge is 0.444 e. The lowest BCUT2D eigenvalue weighted by Crippen LogP contribution is -2.39. The van der Waals surface area contributed by atoms with Crippen LogP contribution in [0.4, 0.5) is 15.3 Å². The van der Waals surface area contributed by atoms with E-state index >= 15 is 0 Å². The number of amides is 2. The summed E-state index contributed by atoms with van der Waals surface area (Å²) in [6.07, 6.45) is 0.789. The number of ether oxygens (including phenoxy) is 2. The number of anilines is 1. The quantitative estimate of drug-likeness (QED) is 0.767. The molecule has 0 spiro atoms. The van der Waals surface area contributed by atoms with Crippen molar-refractivity contribution in [1.82, 2.24) is 5.32 Å². The van der Waals surface area contributed by atoms with Gasteiger partial charge in [-0.25, -0.2) is 9.59 Å². The second kappa shape index (κ2) is 7.92. The molecule has 2 aromatic carbocycles. The van der Waals surface area contributed by atoms with E-state index in [1.54, 1.807) is 12.1 Å². The molecule has 3 rings (SSSR count). The number of carbonyl (C=O) groups excluding carboxylic acids is 2. The predicted molar refractivity (Wildman–Crippen MR) is 107 cm³/mol. The summed E-state index contributed by atoms with van der Waals surface area (Å²) < 4.78 is 10.6. The van der Waals surface area contributed by atoms with Crippen LogP contribution < -0.4 is 10.6 Å². The number of nitrogens with one attached hydrogen (secondary N) is 2. The Kier molecular flexibility index (Phi) is 5.58. The minimum atomic E-state index is -0.534. The zero-order chi connectivity index (χ0) is 20.2. The molecule has 28 heavy (non-hydrogen) atoms. The van der Waals surface area contributed by atoms with Gasteiger partial charge in [-0.05, 0) is 56.9 Å². The highest BCUT2D eigenvalue weighted by Crippen LogP contribution is 2.45. The molecule has 148 valence electrons. The molecule has 0 saturated heterocycles. The van der Waals surface area contributed by atoms with Crippen molar-refractivity contribution in [2.75, 3.05) is 5.32 Å². The first-order chi connectivity index (χ1) is 13.3. The summed E-state index contributed by atoms with van der Waals surface area (Å²) in [6.45, 7) is 5.73. The standard InChI is InChI=1S/C22H26N2O4/c1-21(2,3)28-20(26)24-22(13-14-22)17-9-11-18(12-10-17)23-19(25)27-15-16-7-5-4-6-8-16/h4-12H,13-15H2,1-3H3,(H,23,25)(H,24,26). The van der Waals surface area contributed by atoms with Crippen LogP contribution >= 0.6 is 0 Å². The summed E-state index contributed by atoms with van der Waals surface area (Å²) in [7, 11) is 0. The Morgan fingerprint density at radius 2 is 1.61 bits per heavy atom. The average molecular weight is 382 g/mol. The van der Waals surface area contributed by atoms with Gasteiger partial charge in [0.2, 0.25) is 0 Å². The van der Waals surface area contributed by atoms with E-state index in [1.807, 2.05) is 63.2 Å².